The highest BCUT2D eigenvalue weighted by atomic mass is 19.1. The lowest BCUT2D eigenvalue weighted by Gasteiger charge is -2.26. The summed E-state index contributed by atoms with van der Waals surface area (Å²) in [5, 5.41) is 0. The standard InChI is InChI=1S/C23H25FN2O3/c1-17(23(25)27)26(15-22-9-4-12-28-22)11-10-18-5-3-8-21(14-18)29-16-19-6-2-7-20(24)13-19/h2-9,12-14,17H,10-11,15-16H2,1H3,(H2,25,27). The van der Waals surface area contributed by atoms with E-state index in [4.69, 9.17) is 14.9 Å². The highest BCUT2D eigenvalue weighted by molar-refractivity contribution is 5.79. The third-order valence-corrected chi connectivity index (χ3v) is 4.78. The maximum Gasteiger partial charge on any atom is 0.234 e. The molecule has 1 heterocycles. The van der Waals surface area contributed by atoms with Gasteiger partial charge in [0.2, 0.25) is 5.91 Å². The highest BCUT2D eigenvalue weighted by Gasteiger charge is 2.20. The Morgan fingerprint density at radius 1 is 1.14 bits per heavy atom. The number of hydrogen-bond acceptors (Lipinski definition) is 4. The zero-order valence-electron chi connectivity index (χ0n) is 16.4. The molecule has 0 saturated heterocycles. The highest BCUT2D eigenvalue weighted by Crippen LogP contribution is 2.17. The Labute approximate surface area is 169 Å². The number of rotatable bonds is 10. The van der Waals surface area contributed by atoms with Crippen molar-refractivity contribution >= 4 is 5.91 Å². The minimum absolute atomic E-state index is 0.278. The number of hydrogen-bond donors (Lipinski definition) is 1. The minimum atomic E-state index is -0.410. The van der Waals surface area contributed by atoms with Gasteiger partial charge in [0.15, 0.2) is 0 Å². The van der Waals surface area contributed by atoms with Crippen molar-refractivity contribution in [1.82, 2.24) is 4.90 Å². The largest absolute Gasteiger partial charge is 0.489 e. The summed E-state index contributed by atoms with van der Waals surface area (Å²) < 4.78 is 24.5. The molecule has 0 bridgehead atoms. The molecule has 5 nitrogen and oxygen atoms in total. The lowest BCUT2D eigenvalue weighted by atomic mass is 10.1. The van der Waals surface area contributed by atoms with E-state index < -0.39 is 6.04 Å². The summed E-state index contributed by atoms with van der Waals surface area (Å²) in [6.45, 7) is 3.24. The average Bonchev–Trinajstić information content (AvgIpc) is 3.22. The molecule has 2 N–H and O–H groups in total. The first-order valence-corrected chi connectivity index (χ1v) is 9.53. The molecule has 1 atom stereocenters. The molecule has 3 rings (SSSR count). The second-order valence-electron chi connectivity index (χ2n) is 6.94. The molecule has 1 amide bonds. The number of furan rings is 1. The molecule has 29 heavy (non-hydrogen) atoms. The van der Waals surface area contributed by atoms with Gasteiger partial charge in [0.05, 0.1) is 18.8 Å². The van der Waals surface area contributed by atoms with Crippen LogP contribution in [0.3, 0.4) is 0 Å². The van der Waals surface area contributed by atoms with Gasteiger partial charge in [-0.15, -0.1) is 0 Å². The van der Waals surface area contributed by atoms with E-state index in [-0.39, 0.29) is 11.7 Å². The van der Waals surface area contributed by atoms with Crippen molar-refractivity contribution in [1.29, 1.82) is 0 Å². The molecule has 1 aromatic heterocycles. The van der Waals surface area contributed by atoms with Crippen LogP contribution in [-0.2, 0) is 24.4 Å². The van der Waals surface area contributed by atoms with Gasteiger partial charge in [-0.05, 0) is 60.9 Å². The first-order chi connectivity index (χ1) is 14.0. The third kappa shape index (κ3) is 6.19. The predicted molar refractivity (Wildman–Crippen MR) is 109 cm³/mol. The van der Waals surface area contributed by atoms with E-state index in [0.717, 1.165) is 23.3 Å². The van der Waals surface area contributed by atoms with Crippen molar-refractivity contribution in [2.24, 2.45) is 5.73 Å². The van der Waals surface area contributed by atoms with Crippen LogP contribution < -0.4 is 10.5 Å². The van der Waals surface area contributed by atoms with E-state index in [1.165, 1.54) is 12.1 Å². The lowest BCUT2D eigenvalue weighted by Crippen LogP contribution is -2.43. The maximum absolute atomic E-state index is 13.3. The van der Waals surface area contributed by atoms with Crippen molar-refractivity contribution in [2.45, 2.75) is 32.5 Å². The molecule has 0 radical (unpaired) electrons. The van der Waals surface area contributed by atoms with Gasteiger partial charge in [0.25, 0.3) is 0 Å². The van der Waals surface area contributed by atoms with Crippen LogP contribution in [0.15, 0.2) is 71.3 Å². The molecule has 152 valence electrons. The van der Waals surface area contributed by atoms with Gasteiger partial charge in [-0.3, -0.25) is 9.69 Å². The summed E-state index contributed by atoms with van der Waals surface area (Å²) in [6, 6.07) is 17.4. The molecular weight excluding hydrogens is 371 g/mol. The molecular formula is C23H25FN2O3. The Hall–Kier alpha value is -3.12. The van der Waals surface area contributed by atoms with Crippen LogP contribution in [0.5, 0.6) is 5.75 Å². The fourth-order valence-electron chi connectivity index (χ4n) is 3.05. The van der Waals surface area contributed by atoms with Crippen LogP contribution in [0, 0.1) is 5.82 Å². The van der Waals surface area contributed by atoms with Gasteiger partial charge in [-0.25, -0.2) is 4.39 Å². The average molecular weight is 396 g/mol. The van der Waals surface area contributed by atoms with Crippen molar-refractivity contribution in [3.63, 3.8) is 0 Å². The fraction of sp³-hybridized carbons (Fsp3) is 0.261. The Kier molecular flexibility index (Phi) is 7.03. The minimum Gasteiger partial charge on any atom is -0.489 e. The monoisotopic (exact) mass is 396 g/mol. The number of halogens is 1. The predicted octanol–water partition coefficient (Wildman–Crippen LogP) is 3.92. The van der Waals surface area contributed by atoms with Crippen LogP contribution in [0.25, 0.3) is 0 Å². The molecule has 3 aromatic rings. The van der Waals surface area contributed by atoms with E-state index in [2.05, 4.69) is 0 Å². The van der Waals surface area contributed by atoms with Crippen LogP contribution in [0.1, 0.15) is 23.8 Å². The van der Waals surface area contributed by atoms with E-state index in [1.807, 2.05) is 47.4 Å². The molecule has 1 unspecified atom stereocenters. The Morgan fingerprint density at radius 2 is 1.93 bits per heavy atom. The topological polar surface area (TPSA) is 68.7 Å². The second kappa shape index (κ2) is 9.89. The van der Waals surface area contributed by atoms with E-state index in [9.17, 15) is 9.18 Å². The molecule has 0 fully saturated rings. The van der Waals surface area contributed by atoms with E-state index in [0.29, 0.717) is 25.4 Å². The van der Waals surface area contributed by atoms with Gasteiger partial charge in [0, 0.05) is 6.54 Å². The summed E-state index contributed by atoms with van der Waals surface area (Å²) >= 11 is 0. The molecule has 0 aliphatic rings. The Balaban J connectivity index is 1.60. The van der Waals surface area contributed by atoms with Gasteiger partial charge >= 0.3 is 0 Å². The van der Waals surface area contributed by atoms with Gasteiger partial charge in [0.1, 0.15) is 23.9 Å². The van der Waals surface area contributed by atoms with Crippen molar-refractivity contribution in [3.8, 4) is 5.75 Å². The van der Waals surface area contributed by atoms with Crippen molar-refractivity contribution in [3.05, 3.63) is 89.6 Å². The molecule has 2 aromatic carbocycles. The Morgan fingerprint density at radius 3 is 2.66 bits per heavy atom. The quantitative estimate of drug-likeness (QED) is 0.564. The number of carbonyl (C=O) groups is 1. The summed E-state index contributed by atoms with van der Waals surface area (Å²) in [5.74, 6) is 0.848. The zero-order valence-corrected chi connectivity index (χ0v) is 16.4. The van der Waals surface area contributed by atoms with Crippen molar-refractivity contribution < 1.29 is 18.3 Å². The van der Waals surface area contributed by atoms with E-state index in [1.54, 1.807) is 19.3 Å². The molecule has 0 saturated carbocycles. The summed E-state index contributed by atoms with van der Waals surface area (Å²) in [5.41, 5.74) is 7.35. The summed E-state index contributed by atoms with van der Waals surface area (Å²) in [7, 11) is 0. The number of primary amides is 1. The summed E-state index contributed by atoms with van der Waals surface area (Å²) in [6.07, 6.45) is 2.33. The number of nitrogens with two attached hydrogens (primary N) is 1. The van der Waals surface area contributed by atoms with Gasteiger partial charge in [-0.2, -0.15) is 0 Å². The molecule has 6 heteroatoms. The molecule has 0 spiro atoms. The smallest absolute Gasteiger partial charge is 0.234 e. The van der Waals surface area contributed by atoms with E-state index >= 15 is 0 Å². The van der Waals surface area contributed by atoms with Gasteiger partial charge in [-0.1, -0.05) is 24.3 Å². The first-order valence-electron chi connectivity index (χ1n) is 9.53. The fourth-order valence-corrected chi connectivity index (χ4v) is 3.05. The summed E-state index contributed by atoms with van der Waals surface area (Å²) in [4.78, 5) is 13.7. The first kappa shape index (κ1) is 20.6. The lowest BCUT2D eigenvalue weighted by molar-refractivity contribution is -0.122. The normalized spacial score (nSPS) is 12.1. The second-order valence-corrected chi connectivity index (χ2v) is 6.94. The third-order valence-electron chi connectivity index (χ3n) is 4.78. The number of nitrogens with zero attached hydrogens (tertiary/aromatic N) is 1. The zero-order chi connectivity index (χ0) is 20.6. The molecule has 0 aliphatic heterocycles. The molecule has 0 aliphatic carbocycles. The van der Waals surface area contributed by atoms with Gasteiger partial charge < -0.3 is 14.9 Å². The number of carbonyl (C=O) groups excluding carboxylic acids is 1. The number of ether oxygens (including phenoxy) is 1. The van der Waals surface area contributed by atoms with Crippen LogP contribution in [0.2, 0.25) is 0 Å². The van der Waals surface area contributed by atoms with Crippen molar-refractivity contribution in [2.75, 3.05) is 6.54 Å². The van der Waals surface area contributed by atoms with Crippen LogP contribution in [0.4, 0.5) is 4.39 Å². The van der Waals surface area contributed by atoms with Crippen LogP contribution >= 0.6 is 0 Å². The number of amides is 1. The SMILES string of the molecule is CC(C(N)=O)N(CCc1cccc(OCc2cccc(F)c2)c1)Cc1ccco1. The van der Waals surface area contributed by atoms with Crippen LogP contribution in [-0.4, -0.2) is 23.4 Å². The Bertz CT molecular complexity index is 927. The maximum atomic E-state index is 13.3. The number of benzene rings is 2.